The summed E-state index contributed by atoms with van der Waals surface area (Å²) in [5, 5.41) is 4.42. The van der Waals surface area contributed by atoms with Crippen molar-refractivity contribution in [3.8, 4) is 39.1 Å². The fourth-order valence-corrected chi connectivity index (χ4v) is 10.2. The highest BCUT2D eigenvalue weighted by atomic mass is 16.3. The summed E-state index contributed by atoms with van der Waals surface area (Å²) >= 11 is 0. The first kappa shape index (κ1) is 40.8. The minimum atomic E-state index is 0.794. The van der Waals surface area contributed by atoms with Crippen LogP contribution in [0.2, 0.25) is 0 Å². The molecule has 0 aliphatic carbocycles. The van der Waals surface area contributed by atoms with Crippen LogP contribution in [0.25, 0.3) is 82.8 Å². The maximum Gasteiger partial charge on any atom is 0.159 e. The van der Waals surface area contributed by atoms with E-state index in [4.69, 9.17) is 4.42 Å². The number of anilines is 6. The Labute approximate surface area is 406 Å². The zero-order valence-electron chi connectivity index (χ0n) is 38.1. The lowest BCUT2D eigenvalue weighted by molar-refractivity contribution is 0.669. The number of furan rings is 1. The summed E-state index contributed by atoms with van der Waals surface area (Å²) in [6.45, 7) is 0. The highest BCUT2D eigenvalue weighted by Gasteiger charge is 2.25. The maximum absolute atomic E-state index is 7.16. The van der Waals surface area contributed by atoms with Gasteiger partial charge in [0.05, 0.1) is 28.6 Å². The number of hydrogen-bond donors (Lipinski definition) is 0. The van der Waals surface area contributed by atoms with Gasteiger partial charge in [0.1, 0.15) is 5.58 Å². The van der Waals surface area contributed by atoms with Crippen molar-refractivity contribution in [1.29, 1.82) is 0 Å². The average molecular weight is 897 g/mol. The predicted molar refractivity (Wildman–Crippen MR) is 292 cm³/mol. The van der Waals surface area contributed by atoms with Crippen molar-refractivity contribution in [3.63, 3.8) is 0 Å². The summed E-state index contributed by atoms with van der Waals surface area (Å²) in [7, 11) is 0. The number of pyridine rings is 1. The summed E-state index contributed by atoms with van der Waals surface area (Å²) in [4.78, 5) is 9.24. The molecule has 0 aliphatic heterocycles. The molecule has 5 heteroatoms. The number of para-hydroxylation sites is 4. The van der Waals surface area contributed by atoms with Crippen molar-refractivity contribution < 1.29 is 4.42 Å². The SMILES string of the molecule is c1ccc(-c2ccc(N(c3ccccc3)c3cc(N(c4ccccc4)c4ccc(-c5ccccc5)cc4)c4oc5ccc(-c6cccc7c8ccccc8n(-c8cccnc8)c67)cc5c4c3)cc2)cc1. The third-order valence-corrected chi connectivity index (χ3v) is 13.4. The van der Waals surface area contributed by atoms with Gasteiger partial charge in [-0.15, -0.1) is 0 Å². The van der Waals surface area contributed by atoms with E-state index in [9.17, 15) is 0 Å². The van der Waals surface area contributed by atoms with Gasteiger partial charge in [-0.1, -0.05) is 164 Å². The van der Waals surface area contributed by atoms with E-state index in [1.165, 1.54) is 21.9 Å². The van der Waals surface area contributed by atoms with Gasteiger partial charge in [0.25, 0.3) is 0 Å². The standard InChI is InChI=1S/C65H44N4O/c1-5-17-45(18-6-1)47-30-35-52(36-31-47)67(50-21-9-3-10-22-50)55-42-60-59-41-49(56-27-15-28-58-57-26-13-14-29-61(57)69(64(56)58)54-25-16-40-66-44-54)34-39-63(59)70-65(60)62(43-55)68(51-23-11-4-12-24-51)53-37-32-48(33-38-53)46-19-7-2-8-20-46/h1-44H. The third-order valence-electron chi connectivity index (χ3n) is 13.4. The number of aromatic nitrogens is 2. The summed E-state index contributed by atoms with van der Waals surface area (Å²) in [6, 6.07) is 90.8. The van der Waals surface area contributed by atoms with Crippen LogP contribution in [0.1, 0.15) is 0 Å². The fourth-order valence-electron chi connectivity index (χ4n) is 10.2. The number of rotatable bonds is 10. The Hall–Kier alpha value is -9.45. The second-order valence-corrected chi connectivity index (χ2v) is 17.6. The molecule has 0 fully saturated rings. The smallest absolute Gasteiger partial charge is 0.159 e. The lowest BCUT2D eigenvalue weighted by Gasteiger charge is -2.29. The van der Waals surface area contributed by atoms with E-state index in [2.05, 4.69) is 268 Å². The molecule has 0 amide bonds. The predicted octanol–water partition coefficient (Wildman–Crippen LogP) is 18.0. The highest BCUT2D eigenvalue weighted by Crippen LogP contribution is 2.48. The molecule has 0 saturated heterocycles. The molecule has 330 valence electrons. The lowest BCUT2D eigenvalue weighted by atomic mass is 9.99. The van der Waals surface area contributed by atoms with Crippen LogP contribution in [0.5, 0.6) is 0 Å². The molecular weight excluding hydrogens is 853 g/mol. The van der Waals surface area contributed by atoms with Gasteiger partial charge in [0.15, 0.2) is 5.58 Å². The van der Waals surface area contributed by atoms with Crippen molar-refractivity contribution >= 4 is 77.9 Å². The number of fused-ring (bicyclic) bond motifs is 6. The van der Waals surface area contributed by atoms with Gasteiger partial charge in [-0.3, -0.25) is 4.98 Å². The molecule has 0 bridgehead atoms. The molecule has 0 saturated carbocycles. The van der Waals surface area contributed by atoms with Gasteiger partial charge in [-0.05, 0) is 119 Å². The molecule has 13 rings (SSSR count). The van der Waals surface area contributed by atoms with Gasteiger partial charge in [0.2, 0.25) is 0 Å². The minimum Gasteiger partial charge on any atom is -0.454 e. The molecule has 13 aromatic rings. The largest absolute Gasteiger partial charge is 0.454 e. The monoisotopic (exact) mass is 896 g/mol. The van der Waals surface area contributed by atoms with E-state index >= 15 is 0 Å². The highest BCUT2D eigenvalue weighted by molar-refractivity contribution is 6.16. The van der Waals surface area contributed by atoms with Crippen molar-refractivity contribution in [2.45, 2.75) is 0 Å². The summed E-state index contributed by atoms with van der Waals surface area (Å²) in [5.74, 6) is 0. The topological polar surface area (TPSA) is 37.4 Å². The Morgan fingerprint density at radius 3 is 1.54 bits per heavy atom. The first-order chi connectivity index (χ1) is 34.7. The van der Waals surface area contributed by atoms with Crippen molar-refractivity contribution in [2.24, 2.45) is 0 Å². The van der Waals surface area contributed by atoms with Crippen LogP contribution in [0, 0.1) is 0 Å². The zero-order valence-corrected chi connectivity index (χ0v) is 38.1. The van der Waals surface area contributed by atoms with Crippen LogP contribution in [-0.2, 0) is 0 Å². The first-order valence-electron chi connectivity index (χ1n) is 23.7. The van der Waals surface area contributed by atoms with Gasteiger partial charge < -0.3 is 18.8 Å². The summed E-state index contributed by atoms with van der Waals surface area (Å²) < 4.78 is 9.51. The molecule has 70 heavy (non-hydrogen) atoms. The Morgan fingerprint density at radius 2 is 0.900 bits per heavy atom. The molecule has 5 nitrogen and oxygen atoms in total. The molecule has 3 aromatic heterocycles. The molecule has 0 radical (unpaired) electrons. The van der Waals surface area contributed by atoms with Crippen LogP contribution in [0.4, 0.5) is 34.1 Å². The van der Waals surface area contributed by atoms with Crippen molar-refractivity contribution in [1.82, 2.24) is 9.55 Å². The molecule has 0 N–H and O–H groups in total. The number of benzene rings is 10. The average Bonchev–Trinajstić information content (AvgIpc) is 3.99. The third kappa shape index (κ3) is 7.16. The summed E-state index contributed by atoms with van der Waals surface area (Å²) in [6.07, 6.45) is 3.77. The van der Waals surface area contributed by atoms with Crippen LogP contribution < -0.4 is 9.80 Å². The van der Waals surface area contributed by atoms with Crippen LogP contribution in [-0.4, -0.2) is 9.55 Å². The van der Waals surface area contributed by atoms with Crippen LogP contribution >= 0.6 is 0 Å². The normalized spacial score (nSPS) is 11.4. The molecule has 10 aromatic carbocycles. The number of hydrogen-bond acceptors (Lipinski definition) is 4. The summed E-state index contributed by atoms with van der Waals surface area (Å²) in [5.41, 5.74) is 17.8. The second-order valence-electron chi connectivity index (χ2n) is 17.6. The Morgan fingerprint density at radius 1 is 0.357 bits per heavy atom. The van der Waals surface area contributed by atoms with Gasteiger partial charge in [0, 0.05) is 61.7 Å². The quantitative estimate of drug-likeness (QED) is 0.137. The molecule has 0 atom stereocenters. The maximum atomic E-state index is 7.16. The molecule has 3 heterocycles. The number of nitrogens with zero attached hydrogens (tertiary/aromatic N) is 4. The lowest BCUT2D eigenvalue weighted by Crippen LogP contribution is -2.13. The van der Waals surface area contributed by atoms with Crippen molar-refractivity contribution in [3.05, 3.63) is 267 Å². The zero-order chi connectivity index (χ0) is 46.4. The van der Waals surface area contributed by atoms with E-state index in [0.29, 0.717) is 0 Å². The second kappa shape index (κ2) is 17.3. The Bertz CT molecular complexity index is 3960. The minimum absolute atomic E-state index is 0.794. The van der Waals surface area contributed by atoms with E-state index in [1.807, 2.05) is 18.5 Å². The first-order valence-corrected chi connectivity index (χ1v) is 23.7. The Kier molecular flexibility index (Phi) is 10.1. The van der Waals surface area contributed by atoms with Gasteiger partial charge in [-0.2, -0.15) is 0 Å². The van der Waals surface area contributed by atoms with E-state index < -0.39 is 0 Å². The molecule has 0 aliphatic rings. The van der Waals surface area contributed by atoms with Gasteiger partial charge >= 0.3 is 0 Å². The molecular formula is C65H44N4O. The Balaban J connectivity index is 1.07. The van der Waals surface area contributed by atoms with Gasteiger partial charge in [-0.25, -0.2) is 0 Å². The molecule has 0 spiro atoms. The fraction of sp³-hybridized carbons (Fsp3) is 0. The van der Waals surface area contributed by atoms with E-state index in [0.717, 1.165) is 95.0 Å². The van der Waals surface area contributed by atoms with Crippen LogP contribution in [0.15, 0.2) is 272 Å². The molecule has 0 unspecified atom stereocenters. The van der Waals surface area contributed by atoms with Crippen molar-refractivity contribution in [2.75, 3.05) is 9.80 Å². The van der Waals surface area contributed by atoms with E-state index in [1.54, 1.807) is 0 Å². The van der Waals surface area contributed by atoms with Crippen LogP contribution in [0.3, 0.4) is 0 Å². The van der Waals surface area contributed by atoms with E-state index in [-0.39, 0.29) is 0 Å².